The molecule has 0 fully saturated rings. The van der Waals surface area contributed by atoms with Gasteiger partial charge in [-0.05, 0) is 49.2 Å². The number of anilines is 2. The summed E-state index contributed by atoms with van der Waals surface area (Å²) in [6, 6.07) is 12.9. The second-order valence-electron chi connectivity index (χ2n) is 7.86. The first kappa shape index (κ1) is 21.4. The highest BCUT2D eigenvalue weighted by Crippen LogP contribution is 2.35. The van der Waals surface area contributed by atoms with E-state index in [1.807, 2.05) is 39.6 Å². The van der Waals surface area contributed by atoms with Gasteiger partial charge in [0.1, 0.15) is 17.2 Å². The van der Waals surface area contributed by atoms with Gasteiger partial charge in [0.15, 0.2) is 0 Å². The Bertz CT molecular complexity index is 1380. The van der Waals surface area contributed by atoms with Crippen LogP contribution in [-0.4, -0.2) is 47.1 Å². The predicted octanol–water partition coefficient (Wildman–Crippen LogP) is 4.18. The Morgan fingerprint density at radius 1 is 1.03 bits per heavy atom. The van der Waals surface area contributed by atoms with E-state index in [1.165, 1.54) is 7.11 Å². The standard InChI is InChI=1S/C25H23N5O4/c1-33-21-7-3-6-19-18(21)5-4-12-29(19)24(31)17-9-11-23-27-14-20(30(23)15-17)16-8-10-22(26-13-16)28-25(32)34-2/h3,6-11,13-15H,4-5,12H2,1-2H3,(H,26,28,32). The minimum Gasteiger partial charge on any atom is -0.496 e. The molecule has 1 N–H and O–H groups in total. The molecule has 9 heteroatoms. The summed E-state index contributed by atoms with van der Waals surface area (Å²) in [4.78, 5) is 35.5. The van der Waals surface area contributed by atoms with Crippen LogP contribution in [0, 0.1) is 0 Å². The van der Waals surface area contributed by atoms with Crippen LogP contribution in [0.4, 0.5) is 16.3 Å². The first-order chi connectivity index (χ1) is 16.6. The fourth-order valence-electron chi connectivity index (χ4n) is 4.25. The van der Waals surface area contributed by atoms with Gasteiger partial charge in [-0.2, -0.15) is 0 Å². The molecule has 0 unspecified atom stereocenters. The van der Waals surface area contributed by atoms with Crippen molar-refractivity contribution >= 4 is 29.2 Å². The zero-order chi connectivity index (χ0) is 23.7. The van der Waals surface area contributed by atoms with Crippen LogP contribution >= 0.6 is 0 Å². The lowest BCUT2D eigenvalue weighted by molar-refractivity contribution is 0.0984. The van der Waals surface area contributed by atoms with Gasteiger partial charge in [0, 0.05) is 30.1 Å². The van der Waals surface area contributed by atoms with E-state index in [2.05, 4.69) is 20.0 Å². The highest BCUT2D eigenvalue weighted by Gasteiger charge is 2.26. The minimum atomic E-state index is -0.588. The second kappa shape index (κ2) is 8.86. The second-order valence-corrected chi connectivity index (χ2v) is 7.86. The van der Waals surface area contributed by atoms with Crippen molar-refractivity contribution in [3.05, 3.63) is 72.2 Å². The molecular weight excluding hydrogens is 434 g/mol. The number of aromatic nitrogens is 3. The fourth-order valence-corrected chi connectivity index (χ4v) is 4.25. The third-order valence-corrected chi connectivity index (χ3v) is 5.90. The molecule has 3 aromatic heterocycles. The third kappa shape index (κ3) is 3.81. The summed E-state index contributed by atoms with van der Waals surface area (Å²) in [5.41, 5.74) is 4.78. The molecule has 34 heavy (non-hydrogen) atoms. The smallest absolute Gasteiger partial charge is 0.412 e. The van der Waals surface area contributed by atoms with E-state index in [4.69, 9.17) is 4.74 Å². The van der Waals surface area contributed by atoms with Crippen LogP contribution in [-0.2, 0) is 11.2 Å². The first-order valence-corrected chi connectivity index (χ1v) is 10.9. The molecule has 1 aliphatic heterocycles. The van der Waals surface area contributed by atoms with E-state index < -0.39 is 6.09 Å². The molecular formula is C25H23N5O4. The number of amides is 2. The Morgan fingerprint density at radius 3 is 2.68 bits per heavy atom. The van der Waals surface area contributed by atoms with Gasteiger partial charge >= 0.3 is 6.09 Å². The molecule has 1 aromatic carbocycles. The van der Waals surface area contributed by atoms with Crippen molar-refractivity contribution in [1.82, 2.24) is 14.4 Å². The minimum absolute atomic E-state index is 0.0773. The van der Waals surface area contributed by atoms with Gasteiger partial charge in [0.05, 0.1) is 37.4 Å². The lowest BCUT2D eigenvalue weighted by Gasteiger charge is -2.30. The summed E-state index contributed by atoms with van der Waals surface area (Å²) in [6.45, 7) is 0.645. The molecule has 0 radical (unpaired) electrons. The number of benzene rings is 1. The average molecular weight is 457 g/mol. The summed E-state index contributed by atoms with van der Waals surface area (Å²) in [6.07, 6.45) is 6.33. The number of carbonyl (C=O) groups excluding carboxylic acids is 2. The SMILES string of the molecule is COC(=O)Nc1ccc(-c2cnc3ccc(C(=O)N4CCCc5c(OC)cccc54)cn23)cn1. The molecule has 5 rings (SSSR count). The van der Waals surface area contributed by atoms with Crippen LogP contribution in [0.5, 0.6) is 5.75 Å². The molecule has 0 saturated carbocycles. The number of nitrogens with zero attached hydrogens (tertiary/aromatic N) is 4. The van der Waals surface area contributed by atoms with Crippen molar-refractivity contribution in [2.45, 2.75) is 12.8 Å². The normalized spacial score (nSPS) is 12.8. The average Bonchev–Trinajstić information content (AvgIpc) is 3.31. The van der Waals surface area contributed by atoms with E-state index in [-0.39, 0.29) is 5.91 Å². The van der Waals surface area contributed by atoms with Crippen molar-refractivity contribution in [2.24, 2.45) is 0 Å². The fraction of sp³-hybridized carbons (Fsp3) is 0.200. The number of imidazole rings is 1. The Hall–Kier alpha value is -4.40. The Labute approximate surface area is 196 Å². The maximum Gasteiger partial charge on any atom is 0.412 e. The molecule has 0 spiro atoms. The van der Waals surface area contributed by atoms with E-state index in [9.17, 15) is 9.59 Å². The molecule has 2 amide bonds. The highest BCUT2D eigenvalue weighted by molar-refractivity contribution is 6.07. The number of fused-ring (bicyclic) bond motifs is 2. The molecule has 0 aliphatic carbocycles. The number of ether oxygens (including phenoxy) is 2. The van der Waals surface area contributed by atoms with Crippen LogP contribution in [0.25, 0.3) is 16.9 Å². The van der Waals surface area contributed by atoms with Gasteiger partial charge in [-0.1, -0.05) is 6.07 Å². The molecule has 4 aromatic rings. The third-order valence-electron chi connectivity index (χ3n) is 5.90. The van der Waals surface area contributed by atoms with E-state index >= 15 is 0 Å². The van der Waals surface area contributed by atoms with E-state index in [1.54, 1.807) is 37.8 Å². The number of hydrogen-bond donors (Lipinski definition) is 1. The topological polar surface area (TPSA) is 98.1 Å². The molecule has 0 bridgehead atoms. The molecule has 9 nitrogen and oxygen atoms in total. The number of pyridine rings is 2. The van der Waals surface area contributed by atoms with Gasteiger partial charge in [0.2, 0.25) is 0 Å². The zero-order valence-electron chi connectivity index (χ0n) is 18.8. The van der Waals surface area contributed by atoms with Crippen LogP contribution in [0.1, 0.15) is 22.3 Å². The molecule has 1 aliphatic rings. The number of nitrogens with one attached hydrogen (secondary N) is 1. The van der Waals surface area contributed by atoms with Gasteiger partial charge < -0.3 is 14.4 Å². The van der Waals surface area contributed by atoms with Crippen LogP contribution < -0.4 is 15.0 Å². The Morgan fingerprint density at radius 2 is 1.91 bits per heavy atom. The molecule has 0 atom stereocenters. The van der Waals surface area contributed by atoms with E-state index in [0.29, 0.717) is 23.6 Å². The number of carbonyl (C=O) groups is 2. The zero-order valence-corrected chi connectivity index (χ0v) is 18.8. The molecule has 172 valence electrons. The van der Waals surface area contributed by atoms with Crippen LogP contribution in [0.15, 0.2) is 61.1 Å². The Kier molecular flexibility index (Phi) is 5.59. The lowest BCUT2D eigenvalue weighted by Crippen LogP contribution is -2.35. The summed E-state index contributed by atoms with van der Waals surface area (Å²) >= 11 is 0. The van der Waals surface area contributed by atoms with Gasteiger partial charge in [-0.15, -0.1) is 0 Å². The van der Waals surface area contributed by atoms with Gasteiger partial charge in [0.25, 0.3) is 5.91 Å². The Balaban J connectivity index is 1.47. The van der Waals surface area contributed by atoms with Crippen molar-refractivity contribution in [3.63, 3.8) is 0 Å². The summed E-state index contributed by atoms with van der Waals surface area (Å²) in [5, 5.41) is 2.52. The number of rotatable bonds is 4. The van der Waals surface area contributed by atoms with Crippen LogP contribution in [0.2, 0.25) is 0 Å². The lowest BCUT2D eigenvalue weighted by atomic mass is 10.00. The first-order valence-electron chi connectivity index (χ1n) is 10.9. The van der Waals surface area contributed by atoms with Crippen molar-refractivity contribution in [3.8, 4) is 17.0 Å². The van der Waals surface area contributed by atoms with Gasteiger partial charge in [-0.3, -0.25) is 14.5 Å². The highest BCUT2D eigenvalue weighted by atomic mass is 16.5. The predicted molar refractivity (Wildman–Crippen MR) is 127 cm³/mol. The number of hydrogen-bond acceptors (Lipinski definition) is 6. The monoisotopic (exact) mass is 457 g/mol. The summed E-state index contributed by atoms with van der Waals surface area (Å²) in [5.74, 6) is 1.10. The molecule has 4 heterocycles. The largest absolute Gasteiger partial charge is 0.496 e. The number of methoxy groups -OCH3 is 2. The van der Waals surface area contributed by atoms with Crippen LogP contribution in [0.3, 0.4) is 0 Å². The maximum absolute atomic E-state index is 13.5. The van der Waals surface area contributed by atoms with Crippen molar-refractivity contribution in [1.29, 1.82) is 0 Å². The maximum atomic E-state index is 13.5. The van der Waals surface area contributed by atoms with Crippen molar-refractivity contribution in [2.75, 3.05) is 31.0 Å². The van der Waals surface area contributed by atoms with Crippen molar-refractivity contribution < 1.29 is 19.1 Å². The molecule has 0 saturated heterocycles. The van der Waals surface area contributed by atoms with Gasteiger partial charge in [-0.25, -0.2) is 14.8 Å². The summed E-state index contributed by atoms with van der Waals surface area (Å²) < 4.78 is 12.0. The quantitative estimate of drug-likeness (QED) is 0.494. The van der Waals surface area contributed by atoms with E-state index in [0.717, 1.165) is 41.1 Å². The summed E-state index contributed by atoms with van der Waals surface area (Å²) in [7, 11) is 2.94.